The van der Waals surface area contributed by atoms with Gasteiger partial charge in [-0.05, 0) is 6.07 Å². The van der Waals surface area contributed by atoms with Gasteiger partial charge in [0.1, 0.15) is 5.69 Å². The van der Waals surface area contributed by atoms with E-state index in [1.807, 2.05) is 31.3 Å². The van der Waals surface area contributed by atoms with Gasteiger partial charge in [0.15, 0.2) is 0 Å². The highest BCUT2D eigenvalue weighted by molar-refractivity contribution is 9.10. The summed E-state index contributed by atoms with van der Waals surface area (Å²) in [6.07, 6.45) is 1.80. The highest BCUT2D eigenvalue weighted by Crippen LogP contribution is 2.30. The summed E-state index contributed by atoms with van der Waals surface area (Å²) < 4.78 is 2.72. The standard InChI is InChI=1S/C10H10BrN3/c1-14-6-9(12)10(13-14)7-4-2-3-5-8(7)11/h2-6H,12H2,1H3. The van der Waals surface area contributed by atoms with Crippen molar-refractivity contribution in [2.75, 3.05) is 5.73 Å². The van der Waals surface area contributed by atoms with Gasteiger partial charge in [-0.15, -0.1) is 0 Å². The Labute approximate surface area is 90.7 Å². The number of nitrogens with zero attached hydrogens (tertiary/aromatic N) is 2. The normalized spacial score (nSPS) is 10.4. The number of nitrogens with two attached hydrogens (primary N) is 1. The van der Waals surface area contributed by atoms with Crippen LogP contribution in [0, 0.1) is 0 Å². The van der Waals surface area contributed by atoms with Gasteiger partial charge in [-0.1, -0.05) is 34.1 Å². The third-order valence-electron chi connectivity index (χ3n) is 1.99. The third-order valence-corrected chi connectivity index (χ3v) is 2.68. The largest absolute Gasteiger partial charge is 0.396 e. The van der Waals surface area contributed by atoms with E-state index in [-0.39, 0.29) is 0 Å². The van der Waals surface area contributed by atoms with Crippen molar-refractivity contribution in [3.05, 3.63) is 34.9 Å². The van der Waals surface area contributed by atoms with Gasteiger partial charge in [-0.2, -0.15) is 5.10 Å². The average Bonchev–Trinajstić information content (AvgIpc) is 2.46. The molecule has 0 saturated heterocycles. The number of hydrogen-bond donors (Lipinski definition) is 1. The Morgan fingerprint density at radius 2 is 2.07 bits per heavy atom. The second kappa shape index (κ2) is 3.46. The molecule has 2 N–H and O–H groups in total. The zero-order chi connectivity index (χ0) is 10.1. The molecule has 72 valence electrons. The number of aryl methyl sites for hydroxylation is 1. The maximum Gasteiger partial charge on any atom is 0.116 e. The van der Waals surface area contributed by atoms with Crippen LogP contribution >= 0.6 is 15.9 Å². The van der Waals surface area contributed by atoms with E-state index in [0.717, 1.165) is 15.7 Å². The fraction of sp³-hybridized carbons (Fsp3) is 0.100. The Balaban J connectivity index is 2.60. The van der Waals surface area contributed by atoms with Gasteiger partial charge in [0.2, 0.25) is 0 Å². The van der Waals surface area contributed by atoms with Gasteiger partial charge in [0.25, 0.3) is 0 Å². The molecule has 0 aliphatic carbocycles. The van der Waals surface area contributed by atoms with Crippen LogP contribution in [-0.2, 0) is 7.05 Å². The molecule has 0 fully saturated rings. The van der Waals surface area contributed by atoms with Crippen LogP contribution in [-0.4, -0.2) is 9.78 Å². The predicted molar refractivity (Wildman–Crippen MR) is 60.8 cm³/mol. The lowest BCUT2D eigenvalue weighted by atomic mass is 10.1. The Bertz CT molecular complexity index is 462. The highest BCUT2D eigenvalue weighted by atomic mass is 79.9. The monoisotopic (exact) mass is 251 g/mol. The number of rotatable bonds is 1. The van der Waals surface area contributed by atoms with Crippen molar-refractivity contribution in [2.45, 2.75) is 0 Å². The van der Waals surface area contributed by atoms with E-state index >= 15 is 0 Å². The number of halogens is 1. The van der Waals surface area contributed by atoms with E-state index in [9.17, 15) is 0 Å². The van der Waals surface area contributed by atoms with Gasteiger partial charge >= 0.3 is 0 Å². The van der Waals surface area contributed by atoms with Crippen molar-refractivity contribution in [1.82, 2.24) is 9.78 Å². The molecule has 0 bridgehead atoms. The van der Waals surface area contributed by atoms with Crippen LogP contribution in [0.1, 0.15) is 0 Å². The van der Waals surface area contributed by atoms with Gasteiger partial charge < -0.3 is 5.73 Å². The van der Waals surface area contributed by atoms with Crippen molar-refractivity contribution in [1.29, 1.82) is 0 Å². The minimum Gasteiger partial charge on any atom is -0.396 e. The van der Waals surface area contributed by atoms with Gasteiger partial charge in [-0.25, -0.2) is 0 Å². The smallest absolute Gasteiger partial charge is 0.116 e. The van der Waals surface area contributed by atoms with E-state index in [1.54, 1.807) is 10.9 Å². The first-order valence-electron chi connectivity index (χ1n) is 4.22. The summed E-state index contributed by atoms with van der Waals surface area (Å²) in [6, 6.07) is 7.90. The van der Waals surface area contributed by atoms with E-state index in [1.165, 1.54) is 0 Å². The maximum atomic E-state index is 5.84. The van der Waals surface area contributed by atoms with E-state index in [2.05, 4.69) is 21.0 Å². The molecule has 0 saturated carbocycles. The van der Waals surface area contributed by atoms with Crippen LogP contribution < -0.4 is 5.73 Å². The van der Waals surface area contributed by atoms with Crippen LogP contribution in [0.15, 0.2) is 34.9 Å². The van der Waals surface area contributed by atoms with Crippen LogP contribution in [0.4, 0.5) is 5.69 Å². The molecular weight excluding hydrogens is 242 g/mol. The summed E-state index contributed by atoms with van der Waals surface area (Å²) in [4.78, 5) is 0. The molecule has 0 atom stereocenters. The number of aromatic nitrogens is 2. The van der Waals surface area contributed by atoms with Crippen LogP contribution in [0.3, 0.4) is 0 Å². The zero-order valence-corrected chi connectivity index (χ0v) is 9.32. The number of hydrogen-bond acceptors (Lipinski definition) is 2. The molecule has 2 rings (SSSR count). The number of anilines is 1. The average molecular weight is 252 g/mol. The molecule has 3 nitrogen and oxygen atoms in total. The topological polar surface area (TPSA) is 43.8 Å². The summed E-state index contributed by atoms with van der Waals surface area (Å²) in [5.41, 5.74) is 8.37. The molecule has 0 radical (unpaired) electrons. The molecule has 14 heavy (non-hydrogen) atoms. The summed E-state index contributed by atoms with van der Waals surface area (Å²) in [5.74, 6) is 0. The van der Waals surface area contributed by atoms with Crippen LogP contribution in [0.2, 0.25) is 0 Å². The molecule has 0 unspecified atom stereocenters. The van der Waals surface area contributed by atoms with Crippen molar-refractivity contribution in [3.63, 3.8) is 0 Å². The minimum absolute atomic E-state index is 0.694. The summed E-state index contributed by atoms with van der Waals surface area (Å²) in [7, 11) is 1.86. The van der Waals surface area contributed by atoms with E-state index in [0.29, 0.717) is 5.69 Å². The lowest BCUT2D eigenvalue weighted by Crippen LogP contribution is -1.89. The maximum absolute atomic E-state index is 5.84. The fourth-order valence-corrected chi connectivity index (χ4v) is 1.84. The molecular formula is C10H10BrN3. The van der Waals surface area contributed by atoms with Gasteiger partial charge in [0.05, 0.1) is 5.69 Å². The molecule has 2 aromatic rings. The zero-order valence-electron chi connectivity index (χ0n) is 7.74. The first kappa shape index (κ1) is 9.27. The SMILES string of the molecule is Cn1cc(N)c(-c2ccccc2Br)n1. The number of benzene rings is 1. The van der Waals surface area contributed by atoms with E-state index < -0.39 is 0 Å². The lowest BCUT2D eigenvalue weighted by molar-refractivity contribution is 0.771. The Hall–Kier alpha value is -1.29. The minimum atomic E-state index is 0.694. The van der Waals surface area contributed by atoms with Crippen molar-refractivity contribution in [2.24, 2.45) is 7.05 Å². The predicted octanol–water partition coefficient (Wildman–Crippen LogP) is 2.43. The molecule has 0 spiro atoms. The Morgan fingerprint density at radius 1 is 1.36 bits per heavy atom. The second-order valence-electron chi connectivity index (χ2n) is 3.09. The molecule has 1 heterocycles. The van der Waals surface area contributed by atoms with Crippen LogP contribution in [0.25, 0.3) is 11.3 Å². The van der Waals surface area contributed by atoms with Crippen molar-refractivity contribution in [3.8, 4) is 11.3 Å². The molecule has 1 aromatic heterocycles. The fourth-order valence-electron chi connectivity index (χ4n) is 1.37. The molecule has 1 aromatic carbocycles. The van der Waals surface area contributed by atoms with Crippen molar-refractivity contribution >= 4 is 21.6 Å². The second-order valence-corrected chi connectivity index (χ2v) is 3.94. The summed E-state index contributed by atoms with van der Waals surface area (Å²) >= 11 is 3.47. The van der Waals surface area contributed by atoms with Gasteiger partial charge in [-0.3, -0.25) is 4.68 Å². The first-order valence-corrected chi connectivity index (χ1v) is 5.02. The summed E-state index contributed by atoms with van der Waals surface area (Å²) in [5, 5.41) is 4.30. The Morgan fingerprint density at radius 3 is 2.64 bits per heavy atom. The Kier molecular flexibility index (Phi) is 2.29. The molecule has 0 aliphatic heterocycles. The van der Waals surface area contributed by atoms with E-state index in [4.69, 9.17) is 5.73 Å². The highest BCUT2D eigenvalue weighted by Gasteiger charge is 2.09. The molecule has 4 heteroatoms. The third kappa shape index (κ3) is 1.53. The van der Waals surface area contributed by atoms with Gasteiger partial charge in [0, 0.05) is 23.3 Å². The van der Waals surface area contributed by atoms with Crippen LogP contribution in [0.5, 0.6) is 0 Å². The first-order chi connectivity index (χ1) is 6.68. The van der Waals surface area contributed by atoms with Crippen molar-refractivity contribution < 1.29 is 0 Å². The molecule has 0 aliphatic rings. The summed E-state index contributed by atoms with van der Waals surface area (Å²) in [6.45, 7) is 0. The lowest BCUT2D eigenvalue weighted by Gasteiger charge is -2.00. The quantitative estimate of drug-likeness (QED) is 0.847. The molecule has 0 amide bonds. The number of nitrogen functional groups attached to an aromatic ring is 1.